The highest BCUT2D eigenvalue weighted by Gasteiger charge is 2.15. The Labute approximate surface area is 132 Å². The van der Waals surface area contributed by atoms with Crippen LogP contribution in [-0.4, -0.2) is 15.3 Å². The van der Waals surface area contributed by atoms with Crippen LogP contribution in [0.3, 0.4) is 0 Å². The van der Waals surface area contributed by atoms with Gasteiger partial charge in [0.15, 0.2) is 0 Å². The van der Waals surface area contributed by atoms with E-state index in [0.29, 0.717) is 10.2 Å². The Hall–Kier alpha value is -2.27. The lowest BCUT2D eigenvalue weighted by atomic mass is 9.99. The molecule has 112 valence electrons. The molecule has 0 radical (unpaired) electrons. The minimum atomic E-state index is -0.156. The van der Waals surface area contributed by atoms with E-state index in [1.807, 2.05) is 31.4 Å². The lowest BCUT2D eigenvalue weighted by Crippen LogP contribution is -2.23. The third-order valence-electron chi connectivity index (χ3n) is 3.63. The summed E-state index contributed by atoms with van der Waals surface area (Å²) in [5, 5.41) is 2.56. The van der Waals surface area contributed by atoms with E-state index < -0.39 is 0 Å². The van der Waals surface area contributed by atoms with Crippen LogP contribution < -0.4 is 5.56 Å². The van der Waals surface area contributed by atoms with Gasteiger partial charge >= 0.3 is 0 Å². The van der Waals surface area contributed by atoms with Crippen molar-refractivity contribution < 1.29 is 4.79 Å². The summed E-state index contributed by atoms with van der Waals surface area (Å²) in [4.78, 5) is 29.0. The average molecular weight is 312 g/mol. The zero-order valence-electron chi connectivity index (χ0n) is 12.7. The van der Waals surface area contributed by atoms with Crippen molar-refractivity contribution in [3.05, 3.63) is 51.4 Å². The van der Waals surface area contributed by atoms with Crippen LogP contribution in [0.15, 0.2) is 34.7 Å². The third kappa shape index (κ3) is 2.48. The van der Waals surface area contributed by atoms with Gasteiger partial charge in [0, 0.05) is 10.9 Å². The normalized spacial score (nSPS) is 11.0. The molecule has 0 fully saturated rings. The van der Waals surface area contributed by atoms with Crippen molar-refractivity contribution in [3.63, 3.8) is 0 Å². The summed E-state index contributed by atoms with van der Waals surface area (Å²) in [5.74, 6) is -0.0634. The van der Waals surface area contributed by atoms with Gasteiger partial charge in [-0.3, -0.25) is 14.2 Å². The van der Waals surface area contributed by atoms with E-state index in [4.69, 9.17) is 0 Å². The maximum atomic E-state index is 12.7. The number of Topliss-reactive ketones (excluding diaryl/α,β-unsaturated/α-hetero) is 1. The molecule has 0 amide bonds. The summed E-state index contributed by atoms with van der Waals surface area (Å²) < 4.78 is 1.38. The highest BCUT2D eigenvalue weighted by molar-refractivity contribution is 7.17. The molecule has 3 rings (SSSR count). The van der Waals surface area contributed by atoms with Crippen LogP contribution in [0.25, 0.3) is 21.3 Å². The quantitative estimate of drug-likeness (QED) is 0.745. The smallest absolute Gasteiger partial charge is 0.263 e. The van der Waals surface area contributed by atoms with Crippen LogP contribution in [0.2, 0.25) is 0 Å². The third-order valence-corrected chi connectivity index (χ3v) is 4.51. The standard InChI is InChI=1S/C17H16N2O2S/c1-10-4-5-13(11(2)6-10)14-8-22-16-15(14)17(21)19(9-18-16)7-12(3)20/h4-6,8-9H,7H2,1-3H3. The number of carbonyl (C=O) groups is 1. The molecule has 2 heterocycles. The van der Waals surface area contributed by atoms with Crippen LogP contribution in [0.4, 0.5) is 0 Å². The summed E-state index contributed by atoms with van der Waals surface area (Å²) in [6, 6.07) is 6.17. The summed E-state index contributed by atoms with van der Waals surface area (Å²) in [6.07, 6.45) is 1.45. The topological polar surface area (TPSA) is 52.0 Å². The first-order valence-electron chi connectivity index (χ1n) is 7.01. The van der Waals surface area contributed by atoms with Crippen LogP contribution in [0, 0.1) is 13.8 Å². The van der Waals surface area contributed by atoms with Crippen LogP contribution >= 0.6 is 11.3 Å². The van der Waals surface area contributed by atoms with Gasteiger partial charge in [-0.15, -0.1) is 11.3 Å². The number of rotatable bonds is 3. The summed E-state index contributed by atoms with van der Waals surface area (Å²) in [7, 11) is 0. The van der Waals surface area contributed by atoms with Gasteiger partial charge in [0.25, 0.3) is 5.56 Å². The molecule has 0 bridgehead atoms. The molecular formula is C17H16N2O2S. The van der Waals surface area contributed by atoms with Crippen LogP contribution in [0.5, 0.6) is 0 Å². The zero-order valence-corrected chi connectivity index (χ0v) is 13.5. The minimum Gasteiger partial charge on any atom is -0.298 e. The lowest BCUT2D eigenvalue weighted by molar-refractivity contribution is -0.117. The summed E-state index contributed by atoms with van der Waals surface area (Å²) >= 11 is 1.45. The Morgan fingerprint density at radius 1 is 1.27 bits per heavy atom. The Kier molecular flexibility index (Phi) is 3.66. The maximum absolute atomic E-state index is 12.7. The lowest BCUT2D eigenvalue weighted by Gasteiger charge is -2.07. The number of fused-ring (bicyclic) bond motifs is 1. The molecule has 0 saturated heterocycles. The van der Waals surface area contributed by atoms with Gasteiger partial charge < -0.3 is 0 Å². The first-order valence-corrected chi connectivity index (χ1v) is 7.89. The number of aryl methyl sites for hydroxylation is 2. The van der Waals surface area contributed by atoms with E-state index in [9.17, 15) is 9.59 Å². The second kappa shape index (κ2) is 5.50. The first kappa shape index (κ1) is 14.7. The SMILES string of the molecule is CC(=O)Cn1cnc2scc(-c3ccc(C)cc3C)c2c1=O. The van der Waals surface area contributed by atoms with Gasteiger partial charge in [0.05, 0.1) is 18.3 Å². The fourth-order valence-electron chi connectivity index (χ4n) is 2.63. The van der Waals surface area contributed by atoms with Crippen molar-refractivity contribution in [2.45, 2.75) is 27.3 Å². The summed E-state index contributed by atoms with van der Waals surface area (Å²) in [5.41, 5.74) is 4.09. The zero-order chi connectivity index (χ0) is 15.9. The Bertz CT molecular complexity index is 937. The monoisotopic (exact) mass is 312 g/mol. The molecule has 1 aromatic carbocycles. The van der Waals surface area contributed by atoms with Crippen molar-refractivity contribution in [2.75, 3.05) is 0 Å². The average Bonchev–Trinajstić information content (AvgIpc) is 2.86. The highest BCUT2D eigenvalue weighted by Crippen LogP contribution is 2.32. The molecule has 0 spiro atoms. The molecular weight excluding hydrogens is 296 g/mol. The van der Waals surface area contributed by atoms with Crippen molar-refractivity contribution in [2.24, 2.45) is 0 Å². The van der Waals surface area contributed by atoms with E-state index in [1.165, 1.54) is 34.7 Å². The Morgan fingerprint density at radius 2 is 2.05 bits per heavy atom. The molecule has 5 heteroatoms. The van der Waals surface area contributed by atoms with Gasteiger partial charge in [-0.25, -0.2) is 4.98 Å². The molecule has 2 aromatic heterocycles. The first-order chi connectivity index (χ1) is 10.5. The molecule has 0 N–H and O–H groups in total. The van der Waals surface area contributed by atoms with Crippen molar-refractivity contribution in [3.8, 4) is 11.1 Å². The largest absolute Gasteiger partial charge is 0.298 e. The Morgan fingerprint density at radius 3 is 2.73 bits per heavy atom. The number of benzene rings is 1. The van der Waals surface area contributed by atoms with E-state index in [1.54, 1.807) is 0 Å². The van der Waals surface area contributed by atoms with Crippen molar-refractivity contribution in [1.82, 2.24) is 9.55 Å². The van der Waals surface area contributed by atoms with Crippen molar-refractivity contribution >= 4 is 27.3 Å². The van der Waals surface area contributed by atoms with Gasteiger partial charge in [0.1, 0.15) is 10.6 Å². The molecule has 4 nitrogen and oxygen atoms in total. The van der Waals surface area contributed by atoms with Gasteiger partial charge in [0.2, 0.25) is 0 Å². The number of aromatic nitrogens is 2. The second-order valence-corrected chi connectivity index (χ2v) is 6.39. The predicted molar refractivity (Wildman–Crippen MR) is 89.5 cm³/mol. The van der Waals surface area contributed by atoms with Crippen molar-refractivity contribution in [1.29, 1.82) is 0 Å². The molecule has 0 atom stereocenters. The van der Waals surface area contributed by atoms with Gasteiger partial charge in [-0.1, -0.05) is 23.8 Å². The van der Waals surface area contributed by atoms with E-state index in [2.05, 4.69) is 11.1 Å². The molecule has 0 aliphatic carbocycles. The predicted octanol–water partition coefficient (Wildman–Crippen LogP) is 3.33. The molecule has 0 unspecified atom stereocenters. The number of hydrogen-bond donors (Lipinski definition) is 0. The molecule has 3 aromatic rings. The second-order valence-electron chi connectivity index (χ2n) is 5.53. The molecule has 22 heavy (non-hydrogen) atoms. The maximum Gasteiger partial charge on any atom is 0.263 e. The van der Waals surface area contributed by atoms with Crippen LogP contribution in [-0.2, 0) is 11.3 Å². The molecule has 0 saturated carbocycles. The number of nitrogens with zero attached hydrogens (tertiary/aromatic N) is 2. The number of ketones is 1. The number of thiophene rings is 1. The minimum absolute atomic E-state index is 0.0595. The van der Waals surface area contributed by atoms with E-state index in [0.717, 1.165) is 16.7 Å². The van der Waals surface area contributed by atoms with E-state index in [-0.39, 0.29) is 17.9 Å². The number of carbonyl (C=O) groups excluding carboxylic acids is 1. The van der Waals surface area contributed by atoms with E-state index >= 15 is 0 Å². The molecule has 0 aliphatic heterocycles. The van der Waals surface area contributed by atoms with Crippen LogP contribution in [0.1, 0.15) is 18.1 Å². The molecule has 0 aliphatic rings. The Balaban J connectivity index is 2.27. The van der Waals surface area contributed by atoms with Gasteiger partial charge in [-0.2, -0.15) is 0 Å². The number of hydrogen-bond acceptors (Lipinski definition) is 4. The fourth-order valence-corrected chi connectivity index (χ4v) is 3.53. The van der Waals surface area contributed by atoms with Gasteiger partial charge in [-0.05, 0) is 31.9 Å². The summed E-state index contributed by atoms with van der Waals surface area (Å²) in [6.45, 7) is 5.61. The highest BCUT2D eigenvalue weighted by atomic mass is 32.1. The fraction of sp³-hybridized carbons (Fsp3) is 0.235.